The minimum atomic E-state index is -0.595. The number of imide groups is 1. The first kappa shape index (κ1) is 14.5. The van der Waals surface area contributed by atoms with Gasteiger partial charge in [0.2, 0.25) is 17.7 Å². The van der Waals surface area contributed by atoms with E-state index in [1.807, 2.05) is 0 Å². The minimum absolute atomic E-state index is 0.0801. The molecule has 0 spiro atoms. The van der Waals surface area contributed by atoms with Crippen LogP contribution < -0.4 is 5.32 Å². The molecule has 1 unspecified atom stereocenters. The molecule has 6 heteroatoms. The highest BCUT2D eigenvalue weighted by molar-refractivity contribution is 6.31. The predicted octanol–water partition coefficient (Wildman–Crippen LogP) is 1.15. The molecule has 0 bridgehead atoms. The van der Waals surface area contributed by atoms with Crippen molar-refractivity contribution in [3.8, 4) is 0 Å². The van der Waals surface area contributed by atoms with Gasteiger partial charge in [-0.3, -0.25) is 19.7 Å². The number of rotatable bonds is 3. The fraction of sp³-hybridized carbons (Fsp3) is 0.357. The first-order valence-electron chi connectivity index (χ1n) is 6.39. The zero-order chi connectivity index (χ0) is 14.7. The molecule has 0 radical (unpaired) electrons. The average Bonchev–Trinajstić information content (AvgIpc) is 2.40. The maximum Gasteiger partial charge on any atom is 0.249 e. The second kappa shape index (κ2) is 6.05. The first-order valence-corrected chi connectivity index (χ1v) is 6.77. The van der Waals surface area contributed by atoms with E-state index in [0.717, 1.165) is 0 Å². The van der Waals surface area contributed by atoms with Crippen molar-refractivity contribution in [2.24, 2.45) is 0 Å². The zero-order valence-electron chi connectivity index (χ0n) is 11.1. The maximum absolute atomic E-state index is 12.3. The van der Waals surface area contributed by atoms with Crippen molar-refractivity contribution in [1.29, 1.82) is 0 Å². The molecule has 0 aromatic heterocycles. The first-order chi connectivity index (χ1) is 9.52. The molecule has 1 aliphatic rings. The second-order valence-electron chi connectivity index (χ2n) is 4.63. The molecule has 1 aliphatic heterocycles. The van der Waals surface area contributed by atoms with E-state index in [-0.39, 0.29) is 18.9 Å². The van der Waals surface area contributed by atoms with Gasteiger partial charge in [-0.1, -0.05) is 36.7 Å². The summed E-state index contributed by atoms with van der Waals surface area (Å²) >= 11 is 6.02. The number of carbonyl (C=O) groups excluding carboxylic acids is 3. The number of piperazine rings is 1. The third-order valence-electron chi connectivity index (χ3n) is 3.26. The van der Waals surface area contributed by atoms with Crippen LogP contribution in [0, 0.1) is 0 Å². The zero-order valence-corrected chi connectivity index (χ0v) is 11.8. The van der Waals surface area contributed by atoms with E-state index in [9.17, 15) is 14.4 Å². The lowest BCUT2D eigenvalue weighted by Gasteiger charge is -2.33. The van der Waals surface area contributed by atoms with E-state index < -0.39 is 17.9 Å². The second-order valence-corrected chi connectivity index (χ2v) is 5.03. The molecular formula is C14H15ClN2O3. The Morgan fingerprint density at radius 1 is 1.40 bits per heavy atom. The van der Waals surface area contributed by atoms with Crippen LogP contribution in [0.25, 0.3) is 0 Å². The SMILES string of the molecule is CCC1C(=O)NC(=O)CN1C(=O)Cc1ccccc1Cl. The van der Waals surface area contributed by atoms with E-state index in [2.05, 4.69) is 5.32 Å². The molecule has 5 nitrogen and oxygen atoms in total. The van der Waals surface area contributed by atoms with Crippen molar-refractivity contribution >= 4 is 29.3 Å². The summed E-state index contributed by atoms with van der Waals surface area (Å²) in [5.74, 6) is -1.14. The number of carbonyl (C=O) groups is 3. The number of halogens is 1. The van der Waals surface area contributed by atoms with E-state index in [0.29, 0.717) is 17.0 Å². The molecule has 1 aromatic rings. The van der Waals surface area contributed by atoms with Gasteiger partial charge >= 0.3 is 0 Å². The molecule has 1 heterocycles. The monoisotopic (exact) mass is 294 g/mol. The number of nitrogens with zero attached hydrogens (tertiary/aromatic N) is 1. The summed E-state index contributed by atoms with van der Waals surface area (Å²) in [4.78, 5) is 36.8. The van der Waals surface area contributed by atoms with Gasteiger partial charge < -0.3 is 4.90 Å². The molecule has 3 amide bonds. The van der Waals surface area contributed by atoms with Gasteiger partial charge in [0.05, 0.1) is 6.42 Å². The third-order valence-corrected chi connectivity index (χ3v) is 3.63. The summed E-state index contributed by atoms with van der Waals surface area (Å²) in [6.45, 7) is 1.71. The highest BCUT2D eigenvalue weighted by Gasteiger charge is 2.35. The Balaban J connectivity index is 2.16. The summed E-state index contributed by atoms with van der Waals surface area (Å²) in [6.07, 6.45) is 0.546. The minimum Gasteiger partial charge on any atom is -0.321 e. The molecule has 2 rings (SSSR count). The van der Waals surface area contributed by atoms with Crippen LogP contribution in [0.1, 0.15) is 18.9 Å². The van der Waals surface area contributed by atoms with Crippen molar-refractivity contribution in [1.82, 2.24) is 10.2 Å². The van der Waals surface area contributed by atoms with Crippen molar-refractivity contribution < 1.29 is 14.4 Å². The van der Waals surface area contributed by atoms with Crippen LogP contribution in [0.5, 0.6) is 0 Å². The topological polar surface area (TPSA) is 66.5 Å². The van der Waals surface area contributed by atoms with Crippen molar-refractivity contribution in [2.45, 2.75) is 25.8 Å². The van der Waals surface area contributed by atoms with Gasteiger partial charge in [-0.25, -0.2) is 0 Å². The van der Waals surface area contributed by atoms with Gasteiger partial charge in [0.25, 0.3) is 0 Å². The number of nitrogens with one attached hydrogen (secondary N) is 1. The molecule has 20 heavy (non-hydrogen) atoms. The van der Waals surface area contributed by atoms with E-state index in [4.69, 9.17) is 11.6 Å². The normalized spacial score (nSPS) is 18.9. The fourth-order valence-corrected chi connectivity index (χ4v) is 2.44. The Bertz CT molecular complexity index is 559. The Kier molecular flexibility index (Phi) is 4.39. The van der Waals surface area contributed by atoms with Gasteiger partial charge in [-0.2, -0.15) is 0 Å². The highest BCUT2D eigenvalue weighted by atomic mass is 35.5. The molecule has 1 fully saturated rings. The van der Waals surface area contributed by atoms with Gasteiger partial charge in [-0.15, -0.1) is 0 Å². The maximum atomic E-state index is 12.3. The molecule has 1 aromatic carbocycles. The lowest BCUT2D eigenvalue weighted by atomic mass is 10.1. The van der Waals surface area contributed by atoms with Crippen LogP contribution in [-0.4, -0.2) is 35.2 Å². The predicted molar refractivity (Wildman–Crippen MR) is 74.1 cm³/mol. The van der Waals surface area contributed by atoms with Crippen molar-refractivity contribution in [3.63, 3.8) is 0 Å². The van der Waals surface area contributed by atoms with Crippen LogP contribution in [0.15, 0.2) is 24.3 Å². The number of amides is 3. The third kappa shape index (κ3) is 2.99. The Hall–Kier alpha value is -1.88. The summed E-state index contributed by atoms with van der Waals surface area (Å²) in [6, 6.07) is 6.44. The van der Waals surface area contributed by atoms with Crippen LogP contribution in [0.4, 0.5) is 0 Å². The quantitative estimate of drug-likeness (QED) is 0.850. The highest BCUT2D eigenvalue weighted by Crippen LogP contribution is 2.18. The Labute approximate surface area is 121 Å². The van der Waals surface area contributed by atoms with Crippen LogP contribution in [0.2, 0.25) is 5.02 Å². The molecule has 0 saturated carbocycles. The Morgan fingerprint density at radius 3 is 2.75 bits per heavy atom. The average molecular weight is 295 g/mol. The van der Waals surface area contributed by atoms with Crippen molar-refractivity contribution in [2.75, 3.05) is 6.54 Å². The summed E-state index contributed by atoms with van der Waals surface area (Å²) in [7, 11) is 0. The Morgan fingerprint density at radius 2 is 2.10 bits per heavy atom. The summed E-state index contributed by atoms with van der Waals surface area (Å²) in [5, 5.41) is 2.74. The fourth-order valence-electron chi connectivity index (χ4n) is 2.24. The van der Waals surface area contributed by atoms with Gasteiger partial charge in [-0.05, 0) is 18.1 Å². The van der Waals surface area contributed by atoms with E-state index in [1.54, 1.807) is 31.2 Å². The van der Waals surface area contributed by atoms with Gasteiger partial charge in [0.1, 0.15) is 12.6 Å². The van der Waals surface area contributed by atoms with Gasteiger partial charge in [0.15, 0.2) is 0 Å². The molecule has 0 aliphatic carbocycles. The van der Waals surface area contributed by atoms with E-state index >= 15 is 0 Å². The number of hydrogen-bond donors (Lipinski definition) is 1. The summed E-state index contributed by atoms with van der Waals surface area (Å²) in [5.41, 5.74) is 0.687. The van der Waals surface area contributed by atoms with Crippen molar-refractivity contribution in [3.05, 3.63) is 34.9 Å². The molecular weight excluding hydrogens is 280 g/mol. The molecule has 1 atom stereocenters. The number of benzene rings is 1. The molecule has 1 saturated heterocycles. The lowest BCUT2D eigenvalue weighted by Crippen LogP contribution is -2.59. The van der Waals surface area contributed by atoms with Crippen LogP contribution in [0.3, 0.4) is 0 Å². The van der Waals surface area contributed by atoms with Crippen LogP contribution in [-0.2, 0) is 20.8 Å². The largest absolute Gasteiger partial charge is 0.321 e. The van der Waals surface area contributed by atoms with Gasteiger partial charge in [0, 0.05) is 5.02 Å². The smallest absolute Gasteiger partial charge is 0.249 e. The standard InChI is InChI=1S/C14H15ClN2O3/c1-2-11-14(20)16-12(18)8-17(11)13(19)7-9-5-3-4-6-10(9)15/h3-6,11H,2,7-8H2,1H3,(H,16,18,20). The molecule has 106 valence electrons. The van der Waals surface area contributed by atoms with E-state index in [1.165, 1.54) is 4.90 Å². The lowest BCUT2D eigenvalue weighted by molar-refractivity contribution is -0.149. The van der Waals surface area contributed by atoms with Crippen LogP contribution >= 0.6 is 11.6 Å². The summed E-state index contributed by atoms with van der Waals surface area (Å²) < 4.78 is 0. The molecule has 1 N–H and O–H groups in total. The number of hydrogen-bond acceptors (Lipinski definition) is 3.